The maximum atomic E-state index is 12.8. The summed E-state index contributed by atoms with van der Waals surface area (Å²) in [5.41, 5.74) is 1.11. The summed E-state index contributed by atoms with van der Waals surface area (Å²) in [6.45, 7) is 3.08. The van der Waals surface area contributed by atoms with E-state index >= 15 is 0 Å². The number of hydrogen-bond donors (Lipinski definition) is 0. The van der Waals surface area contributed by atoms with Crippen molar-refractivity contribution in [2.24, 2.45) is 0 Å². The lowest BCUT2D eigenvalue weighted by molar-refractivity contribution is 0.180. The van der Waals surface area contributed by atoms with Crippen LogP contribution in [0.3, 0.4) is 0 Å². The first-order chi connectivity index (χ1) is 12.5. The normalized spacial score (nSPS) is 16.4. The van der Waals surface area contributed by atoms with Crippen molar-refractivity contribution >= 4 is 10.0 Å². The number of ether oxygens (including phenoxy) is 2. The van der Waals surface area contributed by atoms with Crippen molar-refractivity contribution in [1.29, 1.82) is 0 Å². The molecule has 7 heteroatoms. The van der Waals surface area contributed by atoms with Crippen molar-refractivity contribution in [3.8, 4) is 11.5 Å². The first kappa shape index (κ1) is 18.7. The van der Waals surface area contributed by atoms with Gasteiger partial charge < -0.3 is 9.47 Å². The number of para-hydroxylation sites is 1. The van der Waals surface area contributed by atoms with Crippen LogP contribution in [0.5, 0.6) is 11.5 Å². The van der Waals surface area contributed by atoms with Crippen LogP contribution in [0.15, 0.2) is 53.4 Å². The lowest BCUT2D eigenvalue weighted by Gasteiger charge is -2.34. The Labute approximate surface area is 155 Å². The van der Waals surface area contributed by atoms with Crippen molar-refractivity contribution in [2.75, 3.05) is 40.4 Å². The van der Waals surface area contributed by atoms with Gasteiger partial charge in [0, 0.05) is 38.3 Å². The topological polar surface area (TPSA) is 59.1 Å². The van der Waals surface area contributed by atoms with E-state index in [1.54, 1.807) is 42.8 Å². The van der Waals surface area contributed by atoms with E-state index in [4.69, 9.17) is 9.47 Å². The van der Waals surface area contributed by atoms with Crippen LogP contribution in [-0.4, -0.2) is 58.0 Å². The van der Waals surface area contributed by atoms with Crippen LogP contribution in [0, 0.1) is 0 Å². The fourth-order valence-corrected chi connectivity index (χ4v) is 4.52. The first-order valence-corrected chi connectivity index (χ1v) is 9.97. The molecule has 0 aromatic heterocycles. The summed E-state index contributed by atoms with van der Waals surface area (Å²) in [5.74, 6) is 1.51. The number of nitrogens with zero attached hydrogens (tertiary/aromatic N) is 2. The van der Waals surface area contributed by atoms with E-state index in [9.17, 15) is 8.42 Å². The molecule has 0 radical (unpaired) electrons. The Balaban J connectivity index is 1.64. The molecule has 1 aliphatic rings. The highest BCUT2D eigenvalue weighted by atomic mass is 32.2. The molecule has 0 bridgehead atoms. The van der Waals surface area contributed by atoms with Gasteiger partial charge in [-0.25, -0.2) is 8.42 Å². The zero-order chi connectivity index (χ0) is 18.6. The highest BCUT2D eigenvalue weighted by Crippen LogP contribution is 2.23. The molecule has 2 aromatic rings. The lowest BCUT2D eigenvalue weighted by atomic mass is 10.2. The molecule has 0 saturated carbocycles. The van der Waals surface area contributed by atoms with E-state index in [0.29, 0.717) is 36.8 Å². The predicted octanol–water partition coefficient (Wildman–Crippen LogP) is 2.21. The van der Waals surface area contributed by atoms with Crippen LogP contribution in [0.1, 0.15) is 5.56 Å². The number of sulfonamides is 1. The molecule has 2 aromatic carbocycles. The zero-order valence-corrected chi connectivity index (χ0v) is 15.9. The number of piperazine rings is 1. The second-order valence-electron chi connectivity index (χ2n) is 6.17. The lowest BCUT2D eigenvalue weighted by Crippen LogP contribution is -2.48. The Hall–Kier alpha value is -2.09. The van der Waals surface area contributed by atoms with E-state index in [0.717, 1.165) is 17.9 Å². The zero-order valence-electron chi connectivity index (χ0n) is 15.1. The maximum Gasteiger partial charge on any atom is 0.243 e. The molecule has 0 aliphatic carbocycles. The average Bonchev–Trinajstić information content (AvgIpc) is 2.69. The monoisotopic (exact) mass is 376 g/mol. The van der Waals surface area contributed by atoms with E-state index in [-0.39, 0.29) is 0 Å². The fraction of sp³-hybridized carbons (Fsp3) is 0.368. The molecule has 1 fully saturated rings. The molecule has 140 valence electrons. The summed E-state index contributed by atoms with van der Waals surface area (Å²) < 4.78 is 37.6. The molecule has 26 heavy (non-hydrogen) atoms. The van der Waals surface area contributed by atoms with Gasteiger partial charge in [0.25, 0.3) is 0 Å². The van der Waals surface area contributed by atoms with Crippen LogP contribution in [-0.2, 0) is 16.6 Å². The van der Waals surface area contributed by atoms with E-state index < -0.39 is 10.0 Å². The van der Waals surface area contributed by atoms with Crippen molar-refractivity contribution < 1.29 is 17.9 Å². The molecular formula is C19H24N2O4S. The molecule has 1 heterocycles. The van der Waals surface area contributed by atoms with Gasteiger partial charge >= 0.3 is 0 Å². The third kappa shape index (κ3) is 4.00. The van der Waals surface area contributed by atoms with Gasteiger partial charge in [0.05, 0.1) is 19.1 Å². The minimum Gasteiger partial charge on any atom is -0.497 e. The second kappa shape index (κ2) is 8.07. The highest BCUT2D eigenvalue weighted by molar-refractivity contribution is 7.89. The molecule has 0 spiro atoms. The molecule has 3 rings (SSSR count). The first-order valence-electron chi connectivity index (χ1n) is 8.53. The van der Waals surface area contributed by atoms with E-state index in [1.165, 1.54) is 0 Å². The van der Waals surface area contributed by atoms with Crippen LogP contribution in [0.2, 0.25) is 0 Å². The number of benzene rings is 2. The summed E-state index contributed by atoms with van der Waals surface area (Å²) in [4.78, 5) is 2.55. The van der Waals surface area contributed by atoms with Gasteiger partial charge in [0.2, 0.25) is 10.0 Å². The second-order valence-corrected chi connectivity index (χ2v) is 8.11. The third-order valence-electron chi connectivity index (χ3n) is 4.61. The van der Waals surface area contributed by atoms with Gasteiger partial charge in [-0.15, -0.1) is 0 Å². The van der Waals surface area contributed by atoms with Crippen LogP contribution in [0.4, 0.5) is 0 Å². The van der Waals surface area contributed by atoms with Gasteiger partial charge in [0.1, 0.15) is 11.5 Å². The van der Waals surface area contributed by atoms with Crippen molar-refractivity contribution in [2.45, 2.75) is 11.4 Å². The smallest absolute Gasteiger partial charge is 0.243 e. The van der Waals surface area contributed by atoms with E-state index in [2.05, 4.69) is 4.90 Å². The Bertz CT molecular complexity index is 829. The van der Waals surface area contributed by atoms with Gasteiger partial charge in [-0.3, -0.25) is 4.90 Å². The Morgan fingerprint density at radius 3 is 2.15 bits per heavy atom. The highest BCUT2D eigenvalue weighted by Gasteiger charge is 2.28. The van der Waals surface area contributed by atoms with Crippen LogP contribution in [0.25, 0.3) is 0 Å². The summed E-state index contributed by atoms with van der Waals surface area (Å²) in [6.07, 6.45) is 0. The summed E-state index contributed by atoms with van der Waals surface area (Å²) in [7, 11) is -0.245. The average molecular weight is 376 g/mol. The largest absolute Gasteiger partial charge is 0.497 e. The fourth-order valence-electron chi connectivity index (χ4n) is 3.10. The Morgan fingerprint density at radius 2 is 1.54 bits per heavy atom. The number of rotatable bonds is 6. The van der Waals surface area contributed by atoms with Crippen molar-refractivity contribution in [3.63, 3.8) is 0 Å². The Morgan fingerprint density at radius 1 is 0.885 bits per heavy atom. The van der Waals surface area contributed by atoms with Crippen LogP contribution >= 0.6 is 0 Å². The minimum absolute atomic E-state index is 0.302. The van der Waals surface area contributed by atoms with Gasteiger partial charge in [-0.2, -0.15) is 4.31 Å². The third-order valence-corrected chi connectivity index (χ3v) is 6.53. The van der Waals surface area contributed by atoms with Crippen molar-refractivity contribution in [3.05, 3.63) is 54.1 Å². The predicted molar refractivity (Wildman–Crippen MR) is 100 cm³/mol. The summed E-state index contributed by atoms with van der Waals surface area (Å²) >= 11 is 0. The number of hydrogen-bond acceptors (Lipinski definition) is 5. The molecule has 0 amide bonds. The maximum absolute atomic E-state index is 12.8. The molecule has 6 nitrogen and oxygen atoms in total. The summed E-state index contributed by atoms with van der Waals surface area (Å²) in [6, 6.07) is 14.4. The minimum atomic E-state index is -3.47. The van der Waals surface area contributed by atoms with Gasteiger partial charge in [0.15, 0.2) is 0 Å². The molecule has 1 saturated heterocycles. The quantitative estimate of drug-likeness (QED) is 0.774. The van der Waals surface area contributed by atoms with Gasteiger partial charge in [-0.05, 0) is 30.3 Å². The van der Waals surface area contributed by atoms with Crippen molar-refractivity contribution in [1.82, 2.24) is 9.21 Å². The standard InChI is InChI=1S/C19H24N2O4S/c1-24-17-7-9-18(10-8-17)26(22,23)21-13-11-20(12-14-21)15-16-5-3-4-6-19(16)25-2/h3-10H,11-15H2,1-2H3. The van der Waals surface area contributed by atoms with E-state index in [1.807, 2.05) is 24.3 Å². The molecule has 1 aliphatic heterocycles. The molecule has 0 unspecified atom stereocenters. The molecular weight excluding hydrogens is 352 g/mol. The Kier molecular flexibility index (Phi) is 5.80. The molecule has 0 atom stereocenters. The molecule has 0 N–H and O–H groups in total. The van der Waals surface area contributed by atoms with Crippen LogP contribution < -0.4 is 9.47 Å². The summed E-state index contributed by atoms with van der Waals surface area (Å²) in [5, 5.41) is 0. The van der Waals surface area contributed by atoms with Gasteiger partial charge in [-0.1, -0.05) is 18.2 Å². The number of methoxy groups -OCH3 is 2. The SMILES string of the molecule is COc1ccc(S(=O)(=O)N2CCN(Cc3ccccc3OC)CC2)cc1.